The van der Waals surface area contributed by atoms with Crippen LogP contribution in [-0.4, -0.2) is 66.8 Å². The van der Waals surface area contributed by atoms with Crippen molar-refractivity contribution < 1.29 is 13.2 Å². The van der Waals surface area contributed by atoms with E-state index in [0.717, 1.165) is 19.1 Å². The number of nitrogens with zero attached hydrogens (tertiary/aromatic N) is 3. The van der Waals surface area contributed by atoms with E-state index in [2.05, 4.69) is 10.8 Å². The molecule has 1 unspecified atom stereocenters. The minimum Gasteiger partial charge on any atom is -0.315 e. The quantitative estimate of drug-likeness (QED) is 0.498. The van der Waals surface area contributed by atoms with Gasteiger partial charge in [-0.25, -0.2) is 18.1 Å². The summed E-state index contributed by atoms with van der Waals surface area (Å²) in [6, 6.07) is 1.78. The number of hydrazine groups is 1. The zero-order valence-electron chi connectivity index (χ0n) is 13.1. The molecular formula is C13H23N5O3S2. The van der Waals surface area contributed by atoms with Gasteiger partial charge in [-0.3, -0.25) is 10.6 Å². The molecule has 1 amide bonds. The van der Waals surface area contributed by atoms with E-state index in [4.69, 9.17) is 11.1 Å². The maximum Gasteiger partial charge on any atom is 0.239 e. The Kier molecular flexibility index (Phi) is 6.27. The molecule has 1 aliphatic carbocycles. The van der Waals surface area contributed by atoms with Gasteiger partial charge in [-0.1, -0.05) is 0 Å². The molecule has 130 valence electrons. The van der Waals surface area contributed by atoms with E-state index in [-0.39, 0.29) is 30.6 Å². The van der Waals surface area contributed by atoms with Crippen LogP contribution in [0.15, 0.2) is 0 Å². The van der Waals surface area contributed by atoms with Gasteiger partial charge in [0.1, 0.15) is 6.04 Å². The highest BCUT2D eigenvalue weighted by Gasteiger charge is 2.32. The number of hydrogen-bond acceptors (Lipinski definition) is 7. The van der Waals surface area contributed by atoms with Gasteiger partial charge in [0, 0.05) is 17.8 Å². The molecule has 2 aliphatic rings. The molecule has 10 heteroatoms. The third-order valence-corrected chi connectivity index (χ3v) is 5.99. The van der Waals surface area contributed by atoms with E-state index in [1.165, 1.54) is 5.01 Å². The Bertz CT molecular complexity index is 569. The lowest BCUT2D eigenvalue weighted by Crippen LogP contribution is -2.51. The van der Waals surface area contributed by atoms with Crippen molar-refractivity contribution in [2.24, 2.45) is 5.84 Å². The predicted molar refractivity (Wildman–Crippen MR) is 88.5 cm³/mol. The van der Waals surface area contributed by atoms with Crippen LogP contribution in [0.4, 0.5) is 0 Å². The molecule has 1 aliphatic heterocycles. The smallest absolute Gasteiger partial charge is 0.239 e. The molecule has 1 atom stereocenters. The van der Waals surface area contributed by atoms with Crippen molar-refractivity contribution in [3.8, 4) is 6.07 Å². The number of rotatable bonds is 5. The minimum absolute atomic E-state index is 0.0525. The van der Waals surface area contributed by atoms with Gasteiger partial charge in [-0.15, -0.1) is 11.8 Å². The van der Waals surface area contributed by atoms with Gasteiger partial charge in [0.05, 0.1) is 24.7 Å². The monoisotopic (exact) mass is 361 g/mol. The van der Waals surface area contributed by atoms with Crippen molar-refractivity contribution in [2.75, 3.05) is 24.4 Å². The lowest BCUT2D eigenvalue weighted by Gasteiger charge is -2.34. The van der Waals surface area contributed by atoms with Crippen molar-refractivity contribution in [2.45, 2.75) is 43.8 Å². The number of nitrogens with two attached hydrogens (primary N) is 1. The van der Waals surface area contributed by atoms with Crippen molar-refractivity contribution in [1.82, 2.24) is 14.6 Å². The number of sulfonamides is 1. The summed E-state index contributed by atoms with van der Waals surface area (Å²) in [5.74, 6) is 7.09. The predicted octanol–water partition coefficient (Wildman–Crippen LogP) is -0.552. The first-order valence-corrected chi connectivity index (χ1v) is 10.6. The van der Waals surface area contributed by atoms with Gasteiger partial charge >= 0.3 is 0 Å². The van der Waals surface area contributed by atoms with Gasteiger partial charge in [0.25, 0.3) is 0 Å². The van der Waals surface area contributed by atoms with Crippen LogP contribution in [0.1, 0.15) is 25.7 Å². The topological polar surface area (TPSA) is 120 Å². The number of carbonyl (C=O) groups is 1. The first-order chi connectivity index (χ1) is 10.8. The number of carbonyl (C=O) groups excluding carboxylic acids is 1. The third-order valence-electron chi connectivity index (χ3n) is 4.22. The number of nitrogens with one attached hydrogen (secondary N) is 1. The Morgan fingerprint density at radius 3 is 2.65 bits per heavy atom. The van der Waals surface area contributed by atoms with Crippen LogP contribution in [0.5, 0.6) is 0 Å². The second-order valence-electron chi connectivity index (χ2n) is 6.08. The van der Waals surface area contributed by atoms with Crippen molar-refractivity contribution in [1.29, 1.82) is 5.26 Å². The van der Waals surface area contributed by atoms with E-state index in [9.17, 15) is 13.2 Å². The van der Waals surface area contributed by atoms with Crippen molar-refractivity contribution in [3.05, 3.63) is 0 Å². The molecular weight excluding hydrogens is 338 g/mol. The number of amides is 1. The first kappa shape index (κ1) is 18.5. The molecule has 0 aromatic rings. The molecule has 1 heterocycles. The molecule has 8 nitrogen and oxygen atoms in total. The van der Waals surface area contributed by atoms with Crippen molar-refractivity contribution >= 4 is 27.7 Å². The number of hydrogen-bond donors (Lipinski definition) is 2. The summed E-state index contributed by atoms with van der Waals surface area (Å²) in [6.45, 7) is 0.0909. The summed E-state index contributed by atoms with van der Waals surface area (Å²) >= 11 is 1.57. The summed E-state index contributed by atoms with van der Waals surface area (Å²) in [5, 5.41) is 10.6. The third kappa shape index (κ3) is 5.32. The highest BCUT2D eigenvalue weighted by molar-refractivity contribution is 7.99. The molecule has 3 N–H and O–H groups in total. The molecule has 0 aromatic heterocycles. The Morgan fingerprint density at radius 2 is 2.09 bits per heavy atom. The maximum absolute atomic E-state index is 12.3. The molecule has 0 spiro atoms. The Labute approximate surface area is 141 Å². The Balaban J connectivity index is 1.80. The summed E-state index contributed by atoms with van der Waals surface area (Å²) in [4.78, 5) is 13.8. The van der Waals surface area contributed by atoms with Crippen molar-refractivity contribution in [3.63, 3.8) is 0 Å². The highest BCUT2D eigenvalue weighted by atomic mass is 32.2. The van der Waals surface area contributed by atoms with Crippen LogP contribution in [0.25, 0.3) is 0 Å². The van der Waals surface area contributed by atoms with Gasteiger partial charge < -0.3 is 4.90 Å². The van der Waals surface area contributed by atoms with Crippen LogP contribution in [0.3, 0.4) is 0 Å². The lowest BCUT2D eigenvalue weighted by atomic mass is 9.91. The standard InChI is InChI=1S/C13H23N5O3S2/c1-23(20,21)16-10-2-4-11(5-3-10)18(15)7-13(19)17-9-22-8-12(17)6-14/h10-12,16H,2-5,7-9,15H2,1H3. The fraction of sp³-hybridized carbons (Fsp3) is 0.846. The normalized spacial score (nSPS) is 28.8. The van der Waals surface area contributed by atoms with Crippen LogP contribution in [0.2, 0.25) is 0 Å². The van der Waals surface area contributed by atoms with Crippen LogP contribution in [-0.2, 0) is 14.8 Å². The van der Waals surface area contributed by atoms with Gasteiger partial charge in [-0.2, -0.15) is 5.26 Å². The second-order valence-corrected chi connectivity index (χ2v) is 8.86. The summed E-state index contributed by atoms with van der Waals surface area (Å²) in [7, 11) is -3.19. The SMILES string of the molecule is CS(=O)(=O)NC1CCC(N(N)CC(=O)N2CSCC2C#N)CC1. The average molecular weight is 361 g/mol. The van der Waals surface area contributed by atoms with E-state index in [0.29, 0.717) is 24.5 Å². The molecule has 1 saturated heterocycles. The molecule has 0 radical (unpaired) electrons. The van der Waals surface area contributed by atoms with Crippen LogP contribution >= 0.6 is 11.8 Å². The molecule has 0 bridgehead atoms. The molecule has 2 rings (SSSR count). The molecule has 23 heavy (non-hydrogen) atoms. The summed E-state index contributed by atoms with van der Waals surface area (Å²) in [5.41, 5.74) is 0. The minimum atomic E-state index is -3.19. The molecule has 2 fully saturated rings. The molecule has 1 saturated carbocycles. The maximum atomic E-state index is 12.3. The summed E-state index contributed by atoms with van der Waals surface area (Å²) < 4.78 is 25.1. The van der Waals surface area contributed by atoms with E-state index in [1.54, 1.807) is 16.7 Å². The largest absolute Gasteiger partial charge is 0.315 e. The Hall–Kier alpha value is -0.860. The fourth-order valence-corrected chi connectivity index (χ4v) is 4.94. The average Bonchev–Trinajstić information content (AvgIpc) is 2.94. The van der Waals surface area contributed by atoms with Gasteiger partial charge in [0.15, 0.2) is 0 Å². The Morgan fingerprint density at radius 1 is 1.43 bits per heavy atom. The van der Waals surface area contributed by atoms with Gasteiger partial charge in [-0.05, 0) is 25.7 Å². The number of nitriles is 1. The van der Waals surface area contributed by atoms with E-state index >= 15 is 0 Å². The van der Waals surface area contributed by atoms with Gasteiger partial charge in [0.2, 0.25) is 15.9 Å². The fourth-order valence-electron chi connectivity index (χ4n) is 3.00. The lowest BCUT2D eigenvalue weighted by molar-refractivity contribution is -0.132. The van der Waals surface area contributed by atoms with E-state index in [1.807, 2.05) is 0 Å². The van der Waals surface area contributed by atoms with Crippen LogP contribution < -0.4 is 10.6 Å². The summed E-state index contributed by atoms with van der Waals surface area (Å²) in [6.07, 6.45) is 4.06. The molecule has 0 aromatic carbocycles. The van der Waals surface area contributed by atoms with E-state index < -0.39 is 10.0 Å². The highest BCUT2D eigenvalue weighted by Crippen LogP contribution is 2.23. The zero-order valence-corrected chi connectivity index (χ0v) is 14.8. The second kappa shape index (κ2) is 7.81. The number of thioether (sulfide) groups is 1. The zero-order chi connectivity index (χ0) is 17.0. The van der Waals surface area contributed by atoms with Crippen LogP contribution in [0, 0.1) is 11.3 Å². The first-order valence-electron chi connectivity index (χ1n) is 7.55.